The molecule has 22 heavy (non-hydrogen) atoms. The first-order valence-corrected chi connectivity index (χ1v) is 7.78. The predicted octanol–water partition coefficient (Wildman–Crippen LogP) is 1.30. The van der Waals surface area contributed by atoms with Crippen LogP contribution in [-0.4, -0.2) is 48.5 Å². The van der Waals surface area contributed by atoms with Gasteiger partial charge >= 0.3 is 11.9 Å². The Morgan fingerprint density at radius 2 is 1.91 bits per heavy atom. The van der Waals surface area contributed by atoms with Crippen molar-refractivity contribution in [2.45, 2.75) is 39.2 Å². The summed E-state index contributed by atoms with van der Waals surface area (Å²) in [6.07, 6.45) is 5.11. The maximum Gasteiger partial charge on any atom is 0.328 e. The summed E-state index contributed by atoms with van der Waals surface area (Å²) in [4.78, 5) is 37.8. The van der Waals surface area contributed by atoms with Crippen molar-refractivity contribution in [1.82, 2.24) is 4.90 Å². The summed E-state index contributed by atoms with van der Waals surface area (Å²) in [6, 6.07) is -0.509. The monoisotopic (exact) mass is 309 g/mol. The summed E-state index contributed by atoms with van der Waals surface area (Å²) >= 11 is 0. The molecule has 0 bridgehead atoms. The lowest BCUT2D eigenvalue weighted by Gasteiger charge is -2.26. The van der Waals surface area contributed by atoms with Crippen molar-refractivity contribution in [3.05, 3.63) is 12.2 Å². The number of cyclic esters (lactones) is 2. The van der Waals surface area contributed by atoms with E-state index in [0.29, 0.717) is 13.0 Å². The van der Waals surface area contributed by atoms with Crippen LogP contribution in [0.5, 0.6) is 0 Å². The van der Waals surface area contributed by atoms with Gasteiger partial charge in [-0.15, -0.1) is 0 Å². The van der Waals surface area contributed by atoms with Gasteiger partial charge in [-0.3, -0.25) is 9.59 Å². The van der Waals surface area contributed by atoms with E-state index in [4.69, 9.17) is 9.47 Å². The number of fused-ring (bicyclic) bond motifs is 1. The van der Waals surface area contributed by atoms with Gasteiger partial charge in [-0.05, 0) is 12.8 Å². The van der Waals surface area contributed by atoms with Crippen LogP contribution in [0, 0.1) is 11.8 Å². The van der Waals surface area contributed by atoms with Crippen molar-refractivity contribution in [2.24, 2.45) is 11.8 Å². The molecule has 0 aliphatic carbocycles. The number of carbonyl (C=O) groups excluding carboxylic acids is 3. The number of hydrogen-bond acceptors (Lipinski definition) is 5. The van der Waals surface area contributed by atoms with Gasteiger partial charge < -0.3 is 14.4 Å². The van der Waals surface area contributed by atoms with Gasteiger partial charge in [-0.1, -0.05) is 26.0 Å². The molecule has 2 rings (SSSR count). The van der Waals surface area contributed by atoms with E-state index in [9.17, 15) is 14.4 Å². The molecule has 2 heterocycles. The molecule has 0 spiro atoms. The van der Waals surface area contributed by atoms with Gasteiger partial charge in [0, 0.05) is 12.5 Å². The zero-order valence-corrected chi connectivity index (χ0v) is 13.1. The molecule has 6 heteroatoms. The number of carbonyl (C=O) groups is 3. The van der Waals surface area contributed by atoms with Crippen LogP contribution in [0.25, 0.3) is 0 Å². The molecular weight excluding hydrogens is 286 g/mol. The van der Waals surface area contributed by atoms with E-state index in [1.807, 2.05) is 13.0 Å². The lowest BCUT2D eigenvalue weighted by Crippen LogP contribution is -2.45. The Morgan fingerprint density at radius 3 is 2.68 bits per heavy atom. The second-order valence-electron chi connectivity index (χ2n) is 6.01. The van der Waals surface area contributed by atoms with Crippen LogP contribution in [0.1, 0.15) is 33.1 Å². The SMILES string of the molecule is C[C@@H]1/C=C/CC(=O)OC[C@H](C)C(=O)N2CCC[C@H]2C(=O)OC1. The van der Waals surface area contributed by atoms with Crippen LogP contribution in [0.3, 0.4) is 0 Å². The van der Waals surface area contributed by atoms with Crippen molar-refractivity contribution < 1.29 is 23.9 Å². The Morgan fingerprint density at radius 1 is 1.14 bits per heavy atom. The highest BCUT2D eigenvalue weighted by Gasteiger charge is 2.37. The van der Waals surface area contributed by atoms with Crippen molar-refractivity contribution in [1.29, 1.82) is 0 Å². The van der Waals surface area contributed by atoms with Crippen LogP contribution in [0.15, 0.2) is 12.2 Å². The van der Waals surface area contributed by atoms with Gasteiger partial charge in [0.25, 0.3) is 0 Å². The molecule has 1 saturated heterocycles. The Balaban J connectivity index is 2.13. The normalized spacial score (nSPS) is 32.7. The minimum absolute atomic E-state index is 0.0177. The molecule has 3 atom stereocenters. The molecule has 1 amide bonds. The van der Waals surface area contributed by atoms with Gasteiger partial charge in [-0.2, -0.15) is 0 Å². The quantitative estimate of drug-likeness (QED) is 0.498. The van der Waals surface area contributed by atoms with Gasteiger partial charge in [0.05, 0.1) is 18.9 Å². The number of esters is 2. The summed E-state index contributed by atoms with van der Waals surface area (Å²) in [5.41, 5.74) is 0. The Kier molecular flexibility index (Phi) is 5.57. The highest BCUT2D eigenvalue weighted by molar-refractivity contribution is 5.86. The minimum Gasteiger partial charge on any atom is -0.465 e. The molecule has 2 aliphatic rings. The fraction of sp³-hybridized carbons (Fsp3) is 0.688. The Bertz CT molecular complexity index is 473. The minimum atomic E-state index is -0.509. The number of amides is 1. The predicted molar refractivity (Wildman–Crippen MR) is 78.7 cm³/mol. The molecule has 0 radical (unpaired) electrons. The molecule has 0 aromatic carbocycles. The van der Waals surface area contributed by atoms with Crippen molar-refractivity contribution in [2.75, 3.05) is 19.8 Å². The van der Waals surface area contributed by atoms with Crippen LogP contribution in [0.4, 0.5) is 0 Å². The van der Waals surface area contributed by atoms with Crippen molar-refractivity contribution >= 4 is 17.8 Å². The smallest absolute Gasteiger partial charge is 0.328 e. The molecule has 0 saturated carbocycles. The lowest BCUT2D eigenvalue weighted by atomic mass is 10.1. The number of ether oxygens (including phenoxy) is 2. The third kappa shape index (κ3) is 4.08. The highest BCUT2D eigenvalue weighted by atomic mass is 16.5. The maximum absolute atomic E-state index is 12.4. The summed E-state index contributed by atoms with van der Waals surface area (Å²) in [6.45, 7) is 4.45. The second kappa shape index (κ2) is 7.42. The van der Waals surface area contributed by atoms with Crippen molar-refractivity contribution in [3.8, 4) is 0 Å². The molecule has 0 N–H and O–H groups in total. The zero-order chi connectivity index (χ0) is 16.1. The van der Waals surface area contributed by atoms with Crippen LogP contribution < -0.4 is 0 Å². The van der Waals surface area contributed by atoms with E-state index < -0.39 is 12.0 Å². The van der Waals surface area contributed by atoms with E-state index in [1.165, 1.54) is 0 Å². The molecule has 0 unspecified atom stereocenters. The van der Waals surface area contributed by atoms with E-state index in [1.54, 1.807) is 17.9 Å². The van der Waals surface area contributed by atoms with E-state index in [2.05, 4.69) is 0 Å². The van der Waals surface area contributed by atoms with Gasteiger partial charge in [0.2, 0.25) is 5.91 Å². The van der Waals surface area contributed by atoms with Gasteiger partial charge in [-0.25, -0.2) is 4.79 Å². The fourth-order valence-electron chi connectivity index (χ4n) is 2.67. The average molecular weight is 309 g/mol. The standard InChI is InChI=1S/C16H23NO5/c1-11-5-3-7-14(18)21-10-12(2)15(19)17-8-4-6-13(17)16(20)22-9-11/h3,5,11-13H,4,6-10H2,1-2H3/b5-3+/t11-,12+,13+/m1/s1. The highest BCUT2D eigenvalue weighted by Crippen LogP contribution is 2.21. The summed E-state index contributed by atoms with van der Waals surface area (Å²) < 4.78 is 10.4. The largest absolute Gasteiger partial charge is 0.465 e. The first-order valence-electron chi connectivity index (χ1n) is 7.78. The number of nitrogens with zero attached hydrogens (tertiary/aromatic N) is 1. The molecule has 6 nitrogen and oxygen atoms in total. The molecule has 0 aromatic rings. The van der Waals surface area contributed by atoms with Crippen molar-refractivity contribution in [3.63, 3.8) is 0 Å². The third-order valence-corrected chi connectivity index (χ3v) is 3.96. The topological polar surface area (TPSA) is 72.9 Å². The lowest BCUT2D eigenvalue weighted by molar-refractivity contribution is -0.157. The van der Waals surface area contributed by atoms with Crippen LogP contribution in [-0.2, 0) is 23.9 Å². The fourth-order valence-corrected chi connectivity index (χ4v) is 2.67. The Labute approximate surface area is 130 Å². The first kappa shape index (κ1) is 16.5. The maximum atomic E-state index is 12.4. The zero-order valence-electron chi connectivity index (χ0n) is 13.1. The molecule has 2 aliphatic heterocycles. The van der Waals surface area contributed by atoms with Crippen LogP contribution in [0.2, 0.25) is 0 Å². The number of rotatable bonds is 0. The summed E-state index contributed by atoms with van der Waals surface area (Å²) in [7, 11) is 0. The third-order valence-electron chi connectivity index (χ3n) is 3.96. The molecule has 122 valence electrons. The molecule has 0 aromatic heterocycles. The summed E-state index contributed by atoms with van der Waals surface area (Å²) in [5.74, 6) is -1.29. The van der Waals surface area contributed by atoms with E-state index in [-0.39, 0.29) is 43.4 Å². The van der Waals surface area contributed by atoms with E-state index >= 15 is 0 Å². The average Bonchev–Trinajstić information content (AvgIpc) is 2.98. The second-order valence-corrected chi connectivity index (χ2v) is 6.01. The van der Waals surface area contributed by atoms with Gasteiger partial charge in [0.1, 0.15) is 12.6 Å². The first-order chi connectivity index (χ1) is 10.5. The molecule has 1 fully saturated rings. The number of hydrogen-bond donors (Lipinski definition) is 0. The van der Waals surface area contributed by atoms with Gasteiger partial charge in [0.15, 0.2) is 0 Å². The Hall–Kier alpha value is -1.85. The molecular formula is C16H23NO5. The van der Waals surface area contributed by atoms with Crippen LogP contribution >= 0.6 is 0 Å². The van der Waals surface area contributed by atoms with E-state index in [0.717, 1.165) is 6.42 Å². The summed E-state index contributed by atoms with van der Waals surface area (Å²) in [5, 5.41) is 0.